The summed E-state index contributed by atoms with van der Waals surface area (Å²) in [6.07, 6.45) is 22.9. The van der Waals surface area contributed by atoms with Crippen LogP contribution >= 0.6 is 0 Å². The zero-order valence-corrected chi connectivity index (χ0v) is 66.6. The van der Waals surface area contributed by atoms with Crippen LogP contribution in [0.1, 0.15) is 155 Å². The number of carboxylic acids is 2. The van der Waals surface area contributed by atoms with Crippen molar-refractivity contribution in [2.75, 3.05) is 0 Å². The number of carbonyl (C=O) groups excluding carboxylic acids is 2. The largest absolute Gasteiger partial charge is 2.00 e. The topological polar surface area (TPSA) is 154 Å². The zero-order valence-electron chi connectivity index (χ0n) is 53.8. The molecular weight excluding hydrogens is 1220 g/mol. The maximum atomic E-state index is 10.4. The molecule has 0 N–H and O–H groups in total. The number of hydrogen-bond donors (Lipinski definition) is 0. The van der Waals surface area contributed by atoms with Crippen LogP contribution in [0.2, 0.25) is 156 Å². The van der Waals surface area contributed by atoms with Gasteiger partial charge in [0.2, 0.25) is 0 Å². The van der Waals surface area contributed by atoms with Gasteiger partial charge < -0.3 is 52.7 Å². The quantitative estimate of drug-likeness (QED) is 0.0424. The second kappa shape index (κ2) is 42.4. The fourth-order valence-electron chi connectivity index (χ4n) is 9.16. The van der Waals surface area contributed by atoms with Crippen molar-refractivity contribution >= 4 is 120 Å². The van der Waals surface area contributed by atoms with Crippen molar-refractivity contribution in [2.24, 2.45) is 0 Å². The Morgan fingerprint density at radius 2 is 0.493 bits per heavy atom. The summed E-state index contributed by atoms with van der Waals surface area (Å²) >= 11 is 0. The number of hydrogen-bond acceptors (Lipinski definition) is 12. The fraction of sp³-hybridized carbons (Fsp3) is 0.923. The van der Waals surface area contributed by atoms with Gasteiger partial charge in [-0.25, -0.2) is 0 Å². The third kappa shape index (κ3) is 64.6. The molecule has 4 radical (unpaired) electrons. The fourth-order valence-corrected chi connectivity index (χ4v) is 56.8. The predicted octanol–water partition coefficient (Wildman–Crippen LogP) is 15.8. The maximum absolute atomic E-state index is 10.4. The Labute approximate surface area is 494 Å². The zero-order chi connectivity index (χ0) is 58.8. The van der Waals surface area contributed by atoms with E-state index >= 15 is 0 Å². The van der Waals surface area contributed by atoms with Crippen molar-refractivity contribution < 1.29 is 52.7 Å². The van der Waals surface area contributed by atoms with Gasteiger partial charge >= 0.3 is 75.3 Å². The molecule has 0 aromatic carbocycles. The van der Waals surface area contributed by atoms with Gasteiger partial charge in [0, 0.05) is 11.9 Å². The molecule has 0 aromatic rings. The molecule has 75 heavy (non-hydrogen) atoms. The summed E-state index contributed by atoms with van der Waals surface area (Å²) in [6.45, 7) is 59.6. The molecule has 0 amide bonds. The van der Waals surface area contributed by atoms with Crippen molar-refractivity contribution in [1.29, 1.82) is 0 Å². The number of rotatable bonds is 40. The third-order valence-corrected chi connectivity index (χ3v) is 46.7. The number of carbonyl (C=O) groups is 2. The molecule has 0 fully saturated rings. The molecular formula is C52H124O12Si10Sn. The van der Waals surface area contributed by atoms with E-state index < -0.39 is 96.6 Å². The summed E-state index contributed by atoms with van der Waals surface area (Å²) in [4.78, 5) is 20.8. The van der Waals surface area contributed by atoms with Crippen LogP contribution in [-0.2, 0) is 42.5 Å². The van der Waals surface area contributed by atoms with Crippen LogP contribution in [0.3, 0.4) is 0 Å². The summed E-state index contributed by atoms with van der Waals surface area (Å²) in [5, 5.41) is 20.8. The molecule has 0 saturated carbocycles. The first-order valence-corrected chi connectivity index (χ1v) is 58.9. The molecule has 23 heteroatoms. The van der Waals surface area contributed by atoms with Gasteiger partial charge in [0.25, 0.3) is 0 Å². The van der Waals surface area contributed by atoms with Crippen molar-refractivity contribution in [2.45, 2.75) is 311 Å². The van der Waals surface area contributed by atoms with Gasteiger partial charge in [-0.05, 0) is 182 Å². The second-order valence-corrected chi connectivity index (χ2v) is 65.9. The third-order valence-electron chi connectivity index (χ3n) is 10.6. The normalized spacial score (nSPS) is 13.1. The molecule has 0 atom stereocenters. The SMILES string of the molecule is C[Si](C)(C)O[Si](C)(C)O[Si](C)(C)O[Si](C)(C)O[Si](C)(C)CCCCCCCCCCC(=O)[O-].C[Si](C)(C)O[Si](C)(C)O[Si](C)(C)O[Si](C)(C)O[Si](C)(C)CCCCCCCCCCC(=O)[O-].[CH2]CCC.[CH2]CCC.[Sn+2]. The Hall–Kier alpha value is 1.59. The van der Waals surface area contributed by atoms with Gasteiger partial charge in [-0.15, -0.1) is 0 Å². The Morgan fingerprint density at radius 1 is 0.320 bits per heavy atom. The maximum Gasteiger partial charge on any atom is 2.00 e. The average molecular weight is 1340 g/mol. The molecule has 12 nitrogen and oxygen atoms in total. The first-order chi connectivity index (χ1) is 33.3. The van der Waals surface area contributed by atoms with E-state index in [-0.39, 0.29) is 36.7 Å². The molecule has 0 rings (SSSR count). The Kier molecular flexibility index (Phi) is 48.3. The van der Waals surface area contributed by atoms with Gasteiger partial charge in [-0.1, -0.05) is 143 Å². The number of carboxylic acid groups (broad SMARTS) is 2. The molecule has 0 saturated heterocycles. The molecule has 0 spiro atoms. The van der Waals surface area contributed by atoms with Crippen LogP contribution in [0, 0.1) is 13.8 Å². The van der Waals surface area contributed by atoms with Crippen molar-refractivity contribution in [3.8, 4) is 0 Å². The standard InChI is InChI=1S/2C22H54O6Si5.2C4H9.Sn/c2*1-29(2,3)25-31(6,7)27-33(10,11)28-32(8,9)26-30(4,5)21-19-17-15-13-12-14-16-18-20-22(23)24;2*1-3-4-2;/h2*12-21H2,1-11H3,(H,23,24);2*1,3-4H2,2H3;/q;;;;+2/p-2. The summed E-state index contributed by atoms with van der Waals surface area (Å²) < 4.78 is 52.4. The Morgan fingerprint density at radius 3 is 0.680 bits per heavy atom. The molecule has 0 bridgehead atoms. The van der Waals surface area contributed by atoms with Crippen LogP contribution < -0.4 is 10.2 Å². The Balaban J connectivity index is -0.000000375. The predicted molar refractivity (Wildman–Crippen MR) is 344 cm³/mol. The minimum absolute atomic E-state index is 0. The first-order valence-electron chi connectivity index (χ1n) is 28.9. The van der Waals surface area contributed by atoms with Gasteiger partial charge in [-0.3, -0.25) is 0 Å². The van der Waals surface area contributed by atoms with E-state index in [0.717, 1.165) is 63.5 Å². The van der Waals surface area contributed by atoms with Gasteiger partial charge in [-0.2, -0.15) is 0 Å². The van der Waals surface area contributed by atoms with E-state index in [9.17, 15) is 19.8 Å². The van der Waals surface area contributed by atoms with E-state index in [4.69, 9.17) is 32.9 Å². The van der Waals surface area contributed by atoms with Crippen LogP contribution in [0.5, 0.6) is 0 Å². The van der Waals surface area contributed by atoms with E-state index in [1.54, 1.807) is 0 Å². The van der Waals surface area contributed by atoms with Crippen molar-refractivity contribution in [1.82, 2.24) is 0 Å². The smallest absolute Gasteiger partial charge is 0.550 e. The molecule has 0 aromatic heterocycles. The van der Waals surface area contributed by atoms with Crippen LogP contribution in [0.25, 0.3) is 0 Å². The summed E-state index contributed by atoms with van der Waals surface area (Å²) in [6, 6.07) is 2.31. The molecule has 0 heterocycles. The van der Waals surface area contributed by atoms with E-state index in [1.807, 2.05) is 0 Å². The summed E-state index contributed by atoms with van der Waals surface area (Å²) in [5.41, 5.74) is 0. The average Bonchev–Trinajstić information content (AvgIpc) is 3.14. The molecule has 0 aliphatic carbocycles. The first kappa shape index (κ1) is 85.4. The van der Waals surface area contributed by atoms with E-state index in [2.05, 4.69) is 172 Å². The molecule has 448 valence electrons. The summed E-state index contributed by atoms with van der Waals surface area (Å²) in [7, 11) is -20.7. The van der Waals surface area contributed by atoms with Crippen LogP contribution in [0.15, 0.2) is 0 Å². The van der Waals surface area contributed by atoms with Crippen LogP contribution in [0.4, 0.5) is 0 Å². The molecule has 0 aliphatic rings. The summed E-state index contributed by atoms with van der Waals surface area (Å²) in [5.74, 6) is -1.86. The Bertz CT molecular complexity index is 1320. The number of aliphatic carboxylic acids is 2. The molecule has 0 aliphatic heterocycles. The van der Waals surface area contributed by atoms with Gasteiger partial charge in [0.15, 0.2) is 33.3 Å². The minimum atomic E-state index is -2.36. The van der Waals surface area contributed by atoms with Crippen molar-refractivity contribution in [3.05, 3.63) is 13.8 Å². The minimum Gasteiger partial charge on any atom is -0.550 e. The monoisotopic (exact) mass is 1340 g/mol. The second-order valence-electron chi connectivity index (χ2n) is 26.1. The number of unbranched alkanes of at least 4 members (excludes halogenated alkanes) is 16. The van der Waals surface area contributed by atoms with Crippen LogP contribution in [-0.4, -0.2) is 120 Å². The van der Waals surface area contributed by atoms with Gasteiger partial charge in [0.1, 0.15) is 0 Å². The molecule has 0 unspecified atom stereocenters. The van der Waals surface area contributed by atoms with Gasteiger partial charge in [0.05, 0.1) is 0 Å². The van der Waals surface area contributed by atoms with E-state index in [1.165, 1.54) is 77.0 Å². The van der Waals surface area contributed by atoms with E-state index in [0.29, 0.717) is 0 Å². The van der Waals surface area contributed by atoms with Crippen molar-refractivity contribution in [3.63, 3.8) is 0 Å².